The second-order valence-electron chi connectivity index (χ2n) is 4.95. The molecule has 3 N–H and O–H groups in total. The maximum Gasteiger partial charge on any atom is 0.240 e. The quantitative estimate of drug-likeness (QED) is 0.792. The number of hydrogen-bond donors (Lipinski definition) is 2. The third-order valence-electron chi connectivity index (χ3n) is 2.98. The van der Waals surface area contributed by atoms with Crippen molar-refractivity contribution in [2.45, 2.75) is 0 Å². The average molecular weight is 334 g/mol. The highest BCUT2D eigenvalue weighted by Gasteiger charge is 2.11. The number of carbonyl (C=O) groups is 2. The molecule has 1 aromatic heterocycles. The Morgan fingerprint density at radius 1 is 1.30 bits per heavy atom. The van der Waals surface area contributed by atoms with E-state index in [2.05, 4.69) is 10.3 Å². The lowest BCUT2D eigenvalue weighted by atomic mass is 10.2. The van der Waals surface area contributed by atoms with Crippen LogP contribution in [0.3, 0.4) is 0 Å². The largest absolute Gasteiger partial charge is 0.497 e. The molecule has 1 aromatic carbocycles. The van der Waals surface area contributed by atoms with Gasteiger partial charge in [-0.1, -0.05) is 0 Å². The second-order valence-corrected chi connectivity index (χ2v) is 5.81. The maximum absolute atomic E-state index is 11.9. The van der Waals surface area contributed by atoms with E-state index in [1.165, 1.54) is 16.2 Å². The van der Waals surface area contributed by atoms with Crippen molar-refractivity contribution in [2.75, 3.05) is 32.6 Å². The minimum atomic E-state index is -0.476. The predicted octanol–water partition coefficient (Wildman–Crippen LogP) is 1.17. The lowest BCUT2D eigenvalue weighted by molar-refractivity contribution is -0.120. The lowest BCUT2D eigenvalue weighted by Gasteiger charge is -2.12. The van der Waals surface area contributed by atoms with Gasteiger partial charge in [0.05, 0.1) is 25.9 Å². The molecule has 0 spiro atoms. The Kier molecular flexibility index (Phi) is 5.67. The topological polar surface area (TPSA) is 97.5 Å². The molecule has 0 radical (unpaired) electrons. The third-order valence-corrected chi connectivity index (χ3v) is 3.73. The monoisotopic (exact) mass is 334 g/mol. The Bertz CT molecular complexity index is 684. The van der Waals surface area contributed by atoms with E-state index in [9.17, 15) is 9.59 Å². The Morgan fingerprint density at radius 2 is 2.00 bits per heavy atom. The molecule has 1 heterocycles. The number of methoxy groups -OCH3 is 1. The SMILES string of the molecule is COc1ccc(-c2csc(NC(=O)CN(C)CC(N)=O)n2)cc1. The number of carbonyl (C=O) groups excluding carboxylic acids is 2. The normalized spacial score (nSPS) is 10.6. The van der Waals surface area contributed by atoms with Gasteiger partial charge in [0.15, 0.2) is 5.13 Å². The number of hydrogen-bond acceptors (Lipinski definition) is 6. The van der Waals surface area contributed by atoms with Crippen molar-refractivity contribution in [3.05, 3.63) is 29.6 Å². The molecule has 0 saturated carbocycles. The summed E-state index contributed by atoms with van der Waals surface area (Å²) in [4.78, 5) is 28.6. The summed E-state index contributed by atoms with van der Waals surface area (Å²) in [6.45, 7) is 0.1000. The van der Waals surface area contributed by atoms with Crippen LogP contribution >= 0.6 is 11.3 Å². The number of ether oxygens (including phenoxy) is 1. The van der Waals surface area contributed by atoms with Gasteiger partial charge >= 0.3 is 0 Å². The number of benzene rings is 1. The molecule has 0 fully saturated rings. The van der Waals surface area contributed by atoms with E-state index in [4.69, 9.17) is 10.5 Å². The van der Waals surface area contributed by atoms with Crippen LogP contribution in [-0.4, -0.2) is 48.9 Å². The fraction of sp³-hybridized carbons (Fsp3) is 0.267. The van der Waals surface area contributed by atoms with Crippen molar-refractivity contribution in [1.82, 2.24) is 9.88 Å². The van der Waals surface area contributed by atoms with Crippen LogP contribution in [-0.2, 0) is 9.59 Å². The summed E-state index contributed by atoms with van der Waals surface area (Å²) in [6.07, 6.45) is 0. The molecule has 2 amide bonds. The number of amides is 2. The molecule has 23 heavy (non-hydrogen) atoms. The number of rotatable bonds is 7. The van der Waals surface area contributed by atoms with E-state index in [-0.39, 0.29) is 19.0 Å². The number of nitrogens with two attached hydrogens (primary N) is 1. The van der Waals surface area contributed by atoms with Crippen LogP contribution in [0.15, 0.2) is 29.6 Å². The number of thiazole rings is 1. The summed E-state index contributed by atoms with van der Waals surface area (Å²) in [5.74, 6) is 0.0516. The van der Waals surface area contributed by atoms with Gasteiger partial charge in [0.2, 0.25) is 11.8 Å². The Labute approximate surface area is 138 Å². The summed E-state index contributed by atoms with van der Waals surface area (Å²) in [6, 6.07) is 7.51. The van der Waals surface area contributed by atoms with Gasteiger partial charge in [-0.05, 0) is 31.3 Å². The van der Waals surface area contributed by atoms with Crippen molar-refractivity contribution in [1.29, 1.82) is 0 Å². The van der Waals surface area contributed by atoms with E-state index in [1.54, 1.807) is 14.2 Å². The maximum atomic E-state index is 11.9. The lowest BCUT2D eigenvalue weighted by Crippen LogP contribution is -2.36. The zero-order chi connectivity index (χ0) is 16.8. The molecule has 0 aliphatic heterocycles. The Balaban J connectivity index is 1.96. The molecule has 2 rings (SSSR count). The standard InChI is InChI=1S/C15H18N4O3S/c1-19(7-13(16)20)8-14(21)18-15-17-12(9-23-15)10-3-5-11(22-2)6-4-10/h3-6,9H,7-8H2,1-2H3,(H2,16,20)(H,17,18,21). The fourth-order valence-electron chi connectivity index (χ4n) is 1.95. The zero-order valence-electron chi connectivity index (χ0n) is 12.9. The van der Waals surface area contributed by atoms with Crippen LogP contribution < -0.4 is 15.8 Å². The zero-order valence-corrected chi connectivity index (χ0v) is 13.7. The van der Waals surface area contributed by atoms with Crippen molar-refractivity contribution in [2.24, 2.45) is 5.73 Å². The highest BCUT2D eigenvalue weighted by atomic mass is 32.1. The highest BCUT2D eigenvalue weighted by Crippen LogP contribution is 2.26. The van der Waals surface area contributed by atoms with Gasteiger partial charge in [0.25, 0.3) is 0 Å². The van der Waals surface area contributed by atoms with Crippen LogP contribution in [0.5, 0.6) is 5.75 Å². The number of likely N-dealkylation sites (N-methyl/N-ethyl adjacent to an activating group) is 1. The number of nitrogens with one attached hydrogen (secondary N) is 1. The minimum Gasteiger partial charge on any atom is -0.497 e. The molecule has 8 heteroatoms. The van der Waals surface area contributed by atoms with E-state index in [0.29, 0.717) is 5.13 Å². The first-order chi connectivity index (χ1) is 11.0. The summed E-state index contributed by atoms with van der Waals surface area (Å²) >= 11 is 1.34. The molecular formula is C15H18N4O3S. The molecule has 0 aliphatic carbocycles. The molecule has 0 saturated heterocycles. The van der Waals surface area contributed by atoms with Crippen molar-refractivity contribution < 1.29 is 14.3 Å². The van der Waals surface area contributed by atoms with Gasteiger partial charge in [-0.15, -0.1) is 11.3 Å². The van der Waals surface area contributed by atoms with Gasteiger partial charge in [-0.2, -0.15) is 0 Å². The number of anilines is 1. The molecule has 2 aromatic rings. The van der Waals surface area contributed by atoms with Gasteiger partial charge < -0.3 is 15.8 Å². The van der Waals surface area contributed by atoms with E-state index < -0.39 is 5.91 Å². The van der Waals surface area contributed by atoms with Crippen molar-refractivity contribution in [3.63, 3.8) is 0 Å². The summed E-state index contributed by atoms with van der Waals surface area (Å²) in [5, 5.41) is 5.08. The Morgan fingerprint density at radius 3 is 2.61 bits per heavy atom. The summed E-state index contributed by atoms with van der Waals surface area (Å²) < 4.78 is 5.11. The first-order valence-corrected chi connectivity index (χ1v) is 7.72. The highest BCUT2D eigenvalue weighted by molar-refractivity contribution is 7.14. The molecule has 0 bridgehead atoms. The van der Waals surface area contributed by atoms with Gasteiger partial charge in [-0.3, -0.25) is 14.5 Å². The van der Waals surface area contributed by atoms with Crippen LogP contribution in [0.2, 0.25) is 0 Å². The second kappa shape index (κ2) is 7.70. The molecular weight excluding hydrogens is 316 g/mol. The summed E-state index contributed by atoms with van der Waals surface area (Å²) in [5.41, 5.74) is 6.79. The van der Waals surface area contributed by atoms with Gasteiger partial charge in [-0.25, -0.2) is 4.98 Å². The summed E-state index contributed by atoms with van der Waals surface area (Å²) in [7, 11) is 3.26. The van der Waals surface area contributed by atoms with Crippen LogP contribution in [0.4, 0.5) is 5.13 Å². The van der Waals surface area contributed by atoms with Crippen LogP contribution in [0.25, 0.3) is 11.3 Å². The van der Waals surface area contributed by atoms with E-state index in [0.717, 1.165) is 17.0 Å². The third kappa shape index (κ3) is 5.04. The molecule has 7 nitrogen and oxygen atoms in total. The molecule has 0 atom stereocenters. The predicted molar refractivity (Wildman–Crippen MR) is 89.4 cm³/mol. The van der Waals surface area contributed by atoms with Gasteiger partial charge in [0, 0.05) is 10.9 Å². The van der Waals surface area contributed by atoms with E-state index in [1.807, 2.05) is 29.6 Å². The number of primary amides is 1. The van der Waals surface area contributed by atoms with E-state index >= 15 is 0 Å². The first-order valence-electron chi connectivity index (χ1n) is 6.84. The smallest absolute Gasteiger partial charge is 0.240 e. The average Bonchev–Trinajstić information content (AvgIpc) is 2.94. The molecule has 0 unspecified atom stereocenters. The number of nitrogens with zero attached hydrogens (tertiary/aromatic N) is 2. The Hall–Kier alpha value is -2.45. The van der Waals surface area contributed by atoms with Crippen LogP contribution in [0.1, 0.15) is 0 Å². The fourth-order valence-corrected chi connectivity index (χ4v) is 2.69. The van der Waals surface area contributed by atoms with Gasteiger partial charge in [0.1, 0.15) is 5.75 Å². The van der Waals surface area contributed by atoms with Crippen LogP contribution in [0, 0.1) is 0 Å². The molecule has 0 aliphatic rings. The first kappa shape index (κ1) is 16.9. The van der Waals surface area contributed by atoms with Crippen molar-refractivity contribution in [3.8, 4) is 17.0 Å². The minimum absolute atomic E-state index is 0.0301. The van der Waals surface area contributed by atoms with Crippen molar-refractivity contribution >= 4 is 28.3 Å². The number of aromatic nitrogens is 1. The molecule has 122 valence electrons.